The molecule has 0 aromatic rings. The summed E-state index contributed by atoms with van der Waals surface area (Å²) in [7, 11) is 0. The number of carbonyl (C=O) groups is 2. The van der Waals surface area contributed by atoms with Crippen molar-refractivity contribution in [3.8, 4) is 0 Å². The average Bonchev–Trinajstić information content (AvgIpc) is 2.85. The Kier molecular flexibility index (Phi) is 3.62. The predicted octanol–water partition coefficient (Wildman–Crippen LogP) is 4.14. The number of ether oxygens (including phenoxy) is 1. The Morgan fingerprint density at radius 2 is 1.78 bits per heavy atom. The molecule has 4 saturated carbocycles. The van der Waals surface area contributed by atoms with Crippen molar-refractivity contribution in [3.63, 3.8) is 0 Å². The minimum atomic E-state index is 0.129. The second-order valence-electron chi connectivity index (χ2n) is 9.24. The fourth-order valence-electron chi connectivity index (χ4n) is 7.29. The van der Waals surface area contributed by atoms with Gasteiger partial charge in [0.1, 0.15) is 11.9 Å². The van der Waals surface area contributed by atoms with E-state index in [1.807, 2.05) is 0 Å². The third-order valence-corrected chi connectivity index (χ3v) is 8.61. The molecule has 0 radical (unpaired) electrons. The summed E-state index contributed by atoms with van der Waals surface area (Å²) < 4.78 is 5.48. The second-order valence-corrected chi connectivity index (χ2v) is 9.24. The number of hydrogen-bond donors (Lipinski definition) is 0. The topological polar surface area (TPSA) is 43.4 Å². The first-order chi connectivity index (χ1) is 11.0. The number of ketones is 1. The van der Waals surface area contributed by atoms with Crippen LogP contribution in [0.3, 0.4) is 0 Å². The minimum Gasteiger partial charge on any atom is -0.464 e. The zero-order valence-corrected chi connectivity index (χ0v) is 14.6. The van der Waals surface area contributed by atoms with Crippen LogP contribution >= 0.6 is 0 Å². The van der Waals surface area contributed by atoms with E-state index in [-0.39, 0.29) is 11.5 Å². The van der Waals surface area contributed by atoms with E-state index in [4.69, 9.17) is 4.74 Å². The van der Waals surface area contributed by atoms with Crippen molar-refractivity contribution in [2.24, 2.45) is 34.5 Å². The molecule has 4 fully saturated rings. The lowest BCUT2D eigenvalue weighted by Crippen LogP contribution is -2.54. The molecule has 128 valence electrons. The highest BCUT2D eigenvalue weighted by Crippen LogP contribution is 2.66. The van der Waals surface area contributed by atoms with Gasteiger partial charge in [-0.05, 0) is 74.0 Å². The lowest BCUT2D eigenvalue weighted by molar-refractivity contribution is -0.153. The first-order valence-electron chi connectivity index (χ1n) is 9.60. The van der Waals surface area contributed by atoms with Gasteiger partial charge in [-0.2, -0.15) is 0 Å². The number of hydrogen-bond acceptors (Lipinski definition) is 3. The van der Waals surface area contributed by atoms with Crippen molar-refractivity contribution in [2.75, 3.05) is 0 Å². The van der Waals surface area contributed by atoms with E-state index in [0.717, 1.165) is 37.5 Å². The molecule has 0 N–H and O–H groups in total. The van der Waals surface area contributed by atoms with Gasteiger partial charge in [0.15, 0.2) is 0 Å². The summed E-state index contributed by atoms with van der Waals surface area (Å²) in [6, 6.07) is 0. The standard InChI is InChI=1S/C20H30O3/c1-19-9-7-14(22)11-13(19)3-4-15-16-5-6-18(23-12-21)20(16,2)10-8-17(15)19/h12-13,15-18H,3-11H2,1-2H3/t13-,15?,16?,17?,18-,19+,20+/m1/s1. The Labute approximate surface area is 139 Å². The molecule has 3 unspecified atom stereocenters. The highest BCUT2D eigenvalue weighted by molar-refractivity contribution is 5.79. The van der Waals surface area contributed by atoms with Crippen LogP contribution in [0.1, 0.15) is 71.6 Å². The third-order valence-electron chi connectivity index (χ3n) is 8.61. The Bertz CT molecular complexity index is 515. The quantitative estimate of drug-likeness (QED) is 0.719. The summed E-state index contributed by atoms with van der Waals surface area (Å²) in [6.45, 7) is 5.52. The number of carbonyl (C=O) groups excluding carboxylic acids is 2. The summed E-state index contributed by atoms with van der Waals surface area (Å²) in [5.74, 6) is 3.39. The molecule has 0 spiro atoms. The van der Waals surface area contributed by atoms with Crippen LogP contribution < -0.4 is 0 Å². The maximum Gasteiger partial charge on any atom is 0.293 e. The van der Waals surface area contributed by atoms with Gasteiger partial charge in [-0.25, -0.2) is 0 Å². The fourth-order valence-corrected chi connectivity index (χ4v) is 7.29. The molecule has 0 bridgehead atoms. The zero-order valence-electron chi connectivity index (χ0n) is 14.6. The van der Waals surface area contributed by atoms with E-state index >= 15 is 0 Å². The molecule has 0 aromatic heterocycles. The molecule has 23 heavy (non-hydrogen) atoms. The first-order valence-corrected chi connectivity index (χ1v) is 9.60. The van der Waals surface area contributed by atoms with E-state index in [2.05, 4.69) is 13.8 Å². The van der Waals surface area contributed by atoms with E-state index in [9.17, 15) is 9.59 Å². The molecular weight excluding hydrogens is 288 g/mol. The van der Waals surface area contributed by atoms with Crippen molar-refractivity contribution < 1.29 is 14.3 Å². The Morgan fingerprint density at radius 1 is 1.00 bits per heavy atom. The maximum atomic E-state index is 11.9. The van der Waals surface area contributed by atoms with E-state index < -0.39 is 0 Å². The van der Waals surface area contributed by atoms with Crippen LogP contribution in [0, 0.1) is 34.5 Å². The molecule has 0 amide bonds. The number of fused-ring (bicyclic) bond motifs is 5. The van der Waals surface area contributed by atoms with Crippen LogP contribution in [0.15, 0.2) is 0 Å². The molecule has 3 heteroatoms. The number of rotatable bonds is 2. The smallest absolute Gasteiger partial charge is 0.293 e. The summed E-state index contributed by atoms with van der Waals surface area (Å²) in [6.07, 6.45) is 10.1. The van der Waals surface area contributed by atoms with Crippen molar-refractivity contribution in [1.29, 1.82) is 0 Å². The van der Waals surface area contributed by atoms with Crippen molar-refractivity contribution >= 4 is 12.3 Å². The molecule has 0 heterocycles. The van der Waals surface area contributed by atoms with Gasteiger partial charge in [0, 0.05) is 18.3 Å². The fraction of sp³-hybridized carbons (Fsp3) is 0.900. The van der Waals surface area contributed by atoms with E-state index in [0.29, 0.717) is 29.5 Å². The van der Waals surface area contributed by atoms with Crippen LogP contribution in [0.4, 0.5) is 0 Å². The molecule has 4 aliphatic rings. The van der Waals surface area contributed by atoms with Gasteiger partial charge in [-0.15, -0.1) is 0 Å². The highest BCUT2D eigenvalue weighted by atomic mass is 16.5. The van der Waals surface area contributed by atoms with Crippen molar-refractivity contribution in [1.82, 2.24) is 0 Å². The highest BCUT2D eigenvalue weighted by Gasteiger charge is 2.60. The SMILES string of the molecule is C[C@]12CCC3C(CC[C@@H]4CC(=O)CC[C@]34C)C1CC[C@H]2OC=O. The molecule has 3 nitrogen and oxygen atoms in total. The van der Waals surface area contributed by atoms with E-state index in [1.54, 1.807) is 0 Å². The molecule has 7 atom stereocenters. The molecular formula is C20H30O3. The van der Waals surface area contributed by atoms with Gasteiger partial charge < -0.3 is 4.74 Å². The van der Waals surface area contributed by atoms with Crippen molar-refractivity contribution in [3.05, 3.63) is 0 Å². The predicted molar refractivity (Wildman–Crippen MR) is 87.7 cm³/mol. The zero-order chi connectivity index (χ0) is 16.2. The molecule has 0 aromatic carbocycles. The minimum absolute atomic E-state index is 0.129. The van der Waals surface area contributed by atoms with Gasteiger partial charge in [0.05, 0.1) is 0 Å². The van der Waals surface area contributed by atoms with Gasteiger partial charge in [-0.3, -0.25) is 9.59 Å². The number of Topliss-reactive ketones (excluding diaryl/α,β-unsaturated/α-hetero) is 1. The maximum absolute atomic E-state index is 11.9. The Hall–Kier alpha value is -0.860. The molecule has 0 saturated heterocycles. The van der Waals surface area contributed by atoms with E-state index in [1.165, 1.54) is 32.1 Å². The van der Waals surface area contributed by atoms with Crippen molar-refractivity contribution in [2.45, 2.75) is 77.7 Å². The summed E-state index contributed by atoms with van der Waals surface area (Å²) in [5.41, 5.74) is 0.567. The van der Waals surface area contributed by atoms with Gasteiger partial charge in [0.2, 0.25) is 0 Å². The first kappa shape index (κ1) is 15.7. The molecule has 4 aliphatic carbocycles. The summed E-state index contributed by atoms with van der Waals surface area (Å²) in [4.78, 5) is 22.8. The van der Waals surface area contributed by atoms with Crippen LogP contribution in [0.2, 0.25) is 0 Å². The van der Waals surface area contributed by atoms with Gasteiger partial charge in [-0.1, -0.05) is 13.8 Å². The van der Waals surface area contributed by atoms with Crippen LogP contribution in [-0.4, -0.2) is 18.4 Å². The van der Waals surface area contributed by atoms with Crippen LogP contribution in [0.5, 0.6) is 0 Å². The Morgan fingerprint density at radius 3 is 2.57 bits per heavy atom. The monoisotopic (exact) mass is 318 g/mol. The lowest BCUT2D eigenvalue weighted by atomic mass is 9.45. The average molecular weight is 318 g/mol. The largest absolute Gasteiger partial charge is 0.464 e. The molecule has 0 aliphatic heterocycles. The van der Waals surface area contributed by atoms with Crippen LogP contribution in [-0.2, 0) is 14.3 Å². The lowest BCUT2D eigenvalue weighted by Gasteiger charge is -2.60. The normalized spacial score (nSPS) is 52.3. The third kappa shape index (κ3) is 2.14. The molecule has 4 rings (SSSR count). The van der Waals surface area contributed by atoms with Gasteiger partial charge in [0.25, 0.3) is 6.47 Å². The van der Waals surface area contributed by atoms with Gasteiger partial charge >= 0.3 is 0 Å². The second kappa shape index (κ2) is 5.32. The Balaban J connectivity index is 1.60. The summed E-state index contributed by atoms with van der Waals surface area (Å²) >= 11 is 0. The summed E-state index contributed by atoms with van der Waals surface area (Å²) in [5, 5.41) is 0. The van der Waals surface area contributed by atoms with Crippen LogP contribution in [0.25, 0.3) is 0 Å².